The molecule has 28 heavy (non-hydrogen) atoms. The van der Waals surface area contributed by atoms with Crippen LogP contribution in [-0.2, 0) is 13.0 Å². The van der Waals surface area contributed by atoms with Crippen LogP contribution in [0.4, 0.5) is 16.6 Å². The second-order valence-electron chi connectivity index (χ2n) is 8.50. The van der Waals surface area contributed by atoms with E-state index >= 15 is 0 Å². The molecule has 4 heterocycles. The number of carbonyl (C=O) groups excluding carboxylic acids is 1. The monoisotopic (exact) mass is 386 g/mol. The van der Waals surface area contributed by atoms with Crippen LogP contribution in [0, 0.1) is 5.92 Å². The van der Waals surface area contributed by atoms with Crippen LogP contribution in [0.3, 0.4) is 0 Å². The second kappa shape index (κ2) is 8.53. The number of piperidine rings is 2. The highest BCUT2D eigenvalue weighted by Crippen LogP contribution is 2.31. The van der Waals surface area contributed by atoms with Crippen molar-refractivity contribution in [2.45, 2.75) is 58.9 Å². The van der Waals surface area contributed by atoms with Crippen molar-refractivity contribution in [2.24, 2.45) is 5.92 Å². The van der Waals surface area contributed by atoms with E-state index in [1.165, 1.54) is 32.1 Å². The summed E-state index contributed by atoms with van der Waals surface area (Å²) < 4.78 is 0. The minimum atomic E-state index is 0.0202. The molecule has 0 spiro atoms. The number of amides is 2. The van der Waals surface area contributed by atoms with Crippen molar-refractivity contribution in [2.75, 3.05) is 49.1 Å². The molecular weight excluding hydrogens is 352 g/mol. The SMILES string of the molecule is CCNC(=O)N1CCc2nc(N3CCC(C)CC3)nc(N3CCCCC3)c2C1. The van der Waals surface area contributed by atoms with Gasteiger partial charge < -0.3 is 20.0 Å². The first-order valence-corrected chi connectivity index (χ1v) is 11.1. The summed E-state index contributed by atoms with van der Waals surface area (Å²) in [7, 11) is 0. The fourth-order valence-corrected chi connectivity index (χ4v) is 4.54. The van der Waals surface area contributed by atoms with Crippen LogP contribution in [0.5, 0.6) is 0 Å². The van der Waals surface area contributed by atoms with Gasteiger partial charge in [-0.1, -0.05) is 6.92 Å². The van der Waals surface area contributed by atoms with E-state index in [-0.39, 0.29) is 6.03 Å². The highest BCUT2D eigenvalue weighted by atomic mass is 16.2. The normalized spacial score (nSPS) is 20.9. The largest absolute Gasteiger partial charge is 0.356 e. The van der Waals surface area contributed by atoms with Crippen LogP contribution in [0.2, 0.25) is 0 Å². The summed E-state index contributed by atoms with van der Waals surface area (Å²) in [6.07, 6.45) is 6.97. The number of nitrogens with one attached hydrogen (secondary N) is 1. The minimum absolute atomic E-state index is 0.0202. The molecule has 1 N–H and O–H groups in total. The molecule has 2 saturated heterocycles. The molecule has 7 nitrogen and oxygen atoms in total. The Morgan fingerprint density at radius 3 is 2.50 bits per heavy atom. The van der Waals surface area contributed by atoms with Gasteiger partial charge in [-0.25, -0.2) is 9.78 Å². The molecule has 1 aromatic heterocycles. The van der Waals surface area contributed by atoms with Gasteiger partial charge in [0.25, 0.3) is 0 Å². The lowest BCUT2D eigenvalue weighted by molar-refractivity contribution is 0.192. The average molecular weight is 387 g/mol. The highest BCUT2D eigenvalue weighted by molar-refractivity contribution is 5.75. The lowest BCUT2D eigenvalue weighted by Gasteiger charge is -2.36. The Bertz CT molecular complexity index is 694. The zero-order valence-corrected chi connectivity index (χ0v) is 17.4. The van der Waals surface area contributed by atoms with Crippen LogP contribution in [0.15, 0.2) is 0 Å². The third kappa shape index (κ3) is 4.03. The molecule has 0 aliphatic carbocycles. The van der Waals surface area contributed by atoms with E-state index in [1.54, 1.807) is 0 Å². The summed E-state index contributed by atoms with van der Waals surface area (Å²) in [4.78, 5) is 29.2. The van der Waals surface area contributed by atoms with Crippen molar-refractivity contribution in [3.63, 3.8) is 0 Å². The number of hydrogen-bond acceptors (Lipinski definition) is 5. The number of aromatic nitrogens is 2. The van der Waals surface area contributed by atoms with E-state index in [0.717, 1.165) is 68.1 Å². The van der Waals surface area contributed by atoms with E-state index in [1.807, 2.05) is 11.8 Å². The van der Waals surface area contributed by atoms with Crippen LogP contribution in [-0.4, -0.2) is 60.2 Å². The summed E-state index contributed by atoms with van der Waals surface area (Å²) in [6.45, 7) is 10.5. The zero-order chi connectivity index (χ0) is 19.5. The molecule has 7 heteroatoms. The Balaban J connectivity index is 1.64. The summed E-state index contributed by atoms with van der Waals surface area (Å²) in [5, 5.41) is 2.94. The third-order valence-corrected chi connectivity index (χ3v) is 6.36. The van der Waals surface area contributed by atoms with E-state index in [2.05, 4.69) is 22.0 Å². The maximum atomic E-state index is 12.4. The molecule has 4 rings (SSSR count). The van der Waals surface area contributed by atoms with Crippen LogP contribution >= 0.6 is 0 Å². The summed E-state index contributed by atoms with van der Waals surface area (Å²) in [6, 6.07) is 0.0202. The van der Waals surface area contributed by atoms with Crippen molar-refractivity contribution >= 4 is 17.8 Å². The lowest BCUT2D eigenvalue weighted by atomic mass is 9.99. The summed E-state index contributed by atoms with van der Waals surface area (Å²) >= 11 is 0. The Morgan fingerprint density at radius 1 is 1.04 bits per heavy atom. The van der Waals surface area contributed by atoms with Crippen molar-refractivity contribution < 1.29 is 4.79 Å². The van der Waals surface area contributed by atoms with Crippen molar-refractivity contribution in [3.8, 4) is 0 Å². The number of fused-ring (bicyclic) bond motifs is 1. The summed E-state index contributed by atoms with van der Waals surface area (Å²) in [5.41, 5.74) is 2.30. The number of rotatable bonds is 3. The number of carbonyl (C=O) groups is 1. The maximum Gasteiger partial charge on any atom is 0.317 e. The van der Waals surface area contributed by atoms with Crippen molar-refractivity contribution in [3.05, 3.63) is 11.3 Å². The Kier molecular flexibility index (Phi) is 5.87. The molecule has 154 valence electrons. The second-order valence-corrected chi connectivity index (χ2v) is 8.50. The van der Waals surface area contributed by atoms with Gasteiger partial charge in [0.2, 0.25) is 5.95 Å². The molecule has 0 saturated carbocycles. The number of urea groups is 1. The Morgan fingerprint density at radius 2 is 1.79 bits per heavy atom. The van der Waals surface area contributed by atoms with Gasteiger partial charge in [0.05, 0.1) is 12.2 Å². The smallest absolute Gasteiger partial charge is 0.317 e. The van der Waals surface area contributed by atoms with Crippen LogP contribution in [0.1, 0.15) is 57.2 Å². The van der Waals surface area contributed by atoms with Gasteiger partial charge in [0.1, 0.15) is 5.82 Å². The number of anilines is 2. The average Bonchev–Trinajstić information content (AvgIpc) is 2.74. The molecular formula is C21H34N6O. The molecule has 0 aromatic carbocycles. The highest BCUT2D eigenvalue weighted by Gasteiger charge is 2.29. The zero-order valence-electron chi connectivity index (χ0n) is 17.4. The fourth-order valence-electron chi connectivity index (χ4n) is 4.54. The predicted molar refractivity (Wildman–Crippen MR) is 112 cm³/mol. The van der Waals surface area contributed by atoms with Crippen molar-refractivity contribution in [1.82, 2.24) is 20.2 Å². The predicted octanol–water partition coefficient (Wildman–Crippen LogP) is 2.79. The first-order valence-electron chi connectivity index (χ1n) is 11.1. The lowest BCUT2D eigenvalue weighted by Crippen LogP contribution is -2.44. The number of nitrogens with zero attached hydrogens (tertiary/aromatic N) is 5. The molecule has 0 radical (unpaired) electrons. The van der Waals surface area contributed by atoms with Gasteiger partial charge in [-0.15, -0.1) is 0 Å². The van der Waals surface area contributed by atoms with Crippen LogP contribution < -0.4 is 15.1 Å². The Hall–Kier alpha value is -2.05. The third-order valence-electron chi connectivity index (χ3n) is 6.36. The molecule has 2 fully saturated rings. The van der Waals surface area contributed by atoms with Gasteiger partial charge >= 0.3 is 6.03 Å². The van der Waals surface area contributed by atoms with Gasteiger partial charge in [0, 0.05) is 51.3 Å². The van der Waals surface area contributed by atoms with E-state index in [0.29, 0.717) is 13.1 Å². The molecule has 3 aliphatic heterocycles. The van der Waals surface area contributed by atoms with Crippen molar-refractivity contribution in [1.29, 1.82) is 0 Å². The Labute approximate surface area is 168 Å². The van der Waals surface area contributed by atoms with Crippen LogP contribution in [0.25, 0.3) is 0 Å². The van der Waals surface area contributed by atoms with Gasteiger partial charge in [-0.2, -0.15) is 4.98 Å². The van der Waals surface area contributed by atoms with Gasteiger partial charge in [-0.3, -0.25) is 0 Å². The van der Waals surface area contributed by atoms with E-state index < -0.39 is 0 Å². The molecule has 0 atom stereocenters. The number of hydrogen-bond donors (Lipinski definition) is 1. The molecule has 1 aromatic rings. The molecule has 3 aliphatic rings. The summed E-state index contributed by atoms with van der Waals surface area (Å²) in [5.74, 6) is 2.77. The molecule has 2 amide bonds. The topological polar surface area (TPSA) is 64.6 Å². The quantitative estimate of drug-likeness (QED) is 0.865. The minimum Gasteiger partial charge on any atom is -0.356 e. The van der Waals surface area contributed by atoms with E-state index in [4.69, 9.17) is 9.97 Å². The van der Waals surface area contributed by atoms with E-state index in [9.17, 15) is 4.79 Å². The first kappa shape index (κ1) is 19.3. The molecule has 0 unspecified atom stereocenters. The first-order chi connectivity index (χ1) is 13.7. The fraction of sp³-hybridized carbons (Fsp3) is 0.762. The van der Waals surface area contributed by atoms with Gasteiger partial charge in [-0.05, 0) is 44.9 Å². The standard InChI is InChI=1S/C21H34N6O/c1-3-22-21(28)27-14-9-18-17(15-27)19(25-10-5-4-6-11-25)24-20(23-18)26-12-7-16(2)8-13-26/h16H,3-15H2,1-2H3,(H,22,28). The maximum absolute atomic E-state index is 12.4. The van der Waals surface area contributed by atoms with Gasteiger partial charge in [0.15, 0.2) is 0 Å². The molecule has 0 bridgehead atoms.